The fraction of sp³-hybridized carbons (Fsp3) is 0.273. The molecular weight excluding hydrogens is 338 g/mol. The molecule has 0 fully saturated rings. The van der Waals surface area contributed by atoms with Gasteiger partial charge in [0.05, 0.1) is 19.1 Å². The highest BCUT2D eigenvalue weighted by Crippen LogP contribution is 2.26. The quantitative estimate of drug-likeness (QED) is 0.624. The van der Waals surface area contributed by atoms with Crippen LogP contribution in [-0.4, -0.2) is 13.1 Å². The Bertz CT molecular complexity index is 452. The van der Waals surface area contributed by atoms with Gasteiger partial charge in [0.1, 0.15) is 6.07 Å². The number of alkyl halides is 1. The van der Waals surface area contributed by atoms with Gasteiger partial charge in [-0.3, -0.25) is 4.79 Å². The Morgan fingerprint density at radius 3 is 2.62 bits per heavy atom. The van der Waals surface area contributed by atoms with Crippen LogP contribution in [-0.2, 0) is 21.3 Å². The zero-order valence-electron chi connectivity index (χ0n) is 8.59. The third-order valence-electron chi connectivity index (χ3n) is 2.13. The summed E-state index contributed by atoms with van der Waals surface area (Å²) in [6, 6.07) is 5.77. The Labute approximate surface area is 111 Å². The molecular formula is C11H9Br2NO2. The van der Waals surface area contributed by atoms with Crippen molar-refractivity contribution in [1.82, 2.24) is 0 Å². The summed E-state index contributed by atoms with van der Waals surface area (Å²) in [7, 11) is 1.34. The number of methoxy groups -OCH3 is 1. The van der Waals surface area contributed by atoms with E-state index in [1.165, 1.54) is 7.11 Å². The number of nitriles is 1. The largest absolute Gasteiger partial charge is 0.469 e. The molecule has 0 aliphatic carbocycles. The van der Waals surface area contributed by atoms with Crippen molar-refractivity contribution in [2.24, 2.45) is 0 Å². The molecule has 3 nitrogen and oxygen atoms in total. The van der Waals surface area contributed by atoms with E-state index in [2.05, 4.69) is 42.7 Å². The van der Waals surface area contributed by atoms with Crippen molar-refractivity contribution in [1.29, 1.82) is 5.26 Å². The van der Waals surface area contributed by atoms with Gasteiger partial charge < -0.3 is 4.74 Å². The second-order valence-electron chi connectivity index (χ2n) is 3.07. The molecule has 0 heterocycles. The van der Waals surface area contributed by atoms with E-state index in [9.17, 15) is 4.79 Å². The van der Waals surface area contributed by atoms with E-state index in [0.29, 0.717) is 15.4 Å². The minimum absolute atomic E-state index is 0.161. The second kappa shape index (κ2) is 6.02. The number of esters is 1. The predicted molar refractivity (Wildman–Crippen MR) is 67.2 cm³/mol. The average Bonchev–Trinajstić information content (AvgIpc) is 2.31. The maximum Gasteiger partial charge on any atom is 0.310 e. The molecule has 0 saturated heterocycles. The molecule has 0 amide bonds. The molecule has 0 aliphatic heterocycles. The van der Waals surface area contributed by atoms with Crippen molar-refractivity contribution >= 4 is 37.8 Å². The summed E-state index contributed by atoms with van der Waals surface area (Å²) >= 11 is 6.65. The lowest BCUT2D eigenvalue weighted by Gasteiger charge is -2.08. The van der Waals surface area contributed by atoms with E-state index in [0.717, 1.165) is 11.1 Å². The van der Waals surface area contributed by atoms with Crippen LogP contribution >= 0.6 is 31.9 Å². The van der Waals surface area contributed by atoms with Gasteiger partial charge >= 0.3 is 5.97 Å². The van der Waals surface area contributed by atoms with E-state index < -0.39 is 0 Å². The Balaban J connectivity index is 3.15. The van der Waals surface area contributed by atoms with Crippen molar-refractivity contribution in [2.75, 3.05) is 7.11 Å². The maximum atomic E-state index is 11.2. The number of carbonyl (C=O) groups is 1. The smallest absolute Gasteiger partial charge is 0.310 e. The topological polar surface area (TPSA) is 50.1 Å². The minimum Gasteiger partial charge on any atom is -0.469 e. The van der Waals surface area contributed by atoms with Crippen LogP contribution in [0.3, 0.4) is 0 Å². The fourth-order valence-corrected chi connectivity index (χ4v) is 2.34. The Hall–Kier alpha value is -0.860. The highest BCUT2D eigenvalue weighted by Gasteiger charge is 2.13. The van der Waals surface area contributed by atoms with Crippen LogP contribution in [0.2, 0.25) is 0 Å². The highest BCUT2D eigenvalue weighted by molar-refractivity contribution is 9.10. The fourth-order valence-electron chi connectivity index (χ4n) is 1.26. The van der Waals surface area contributed by atoms with Gasteiger partial charge in [-0.15, -0.1) is 0 Å². The molecule has 84 valence electrons. The number of carbonyl (C=O) groups excluding carboxylic acids is 1. The summed E-state index contributed by atoms with van der Waals surface area (Å²) in [6.07, 6.45) is 0.161. The summed E-state index contributed by atoms with van der Waals surface area (Å²) in [6.45, 7) is 0. The van der Waals surface area contributed by atoms with Crippen LogP contribution in [0.1, 0.15) is 16.7 Å². The van der Waals surface area contributed by atoms with E-state index >= 15 is 0 Å². The van der Waals surface area contributed by atoms with Crippen LogP contribution in [0.5, 0.6) is 0 Å². The van der Waals surface area contributed by atoms with Crippen molar-refractivity contribution < 1.29 is 9.53 Å². The Morgan fingerprint density at radius 2 is 2.12 bits per heavy atom. The van der Waals surface area contributed by atoms with E-state index in [1.54, 1.807) is 0 Å². The summed E-state index contributed by atoms with van der Waals surface area (Å²) in [5.74, 6) is -0.323. The lowest BCUT2D eigenvalue weighted by atomic mass is 10.0. The van der Waals surface area contributed by atoms with Crippen LogP contribution < -0.4 is 0 Å². The molecule has 0 atom stereocenters. The number of rotatable bonds is 3. The molecule has 0 N–H and O–H groups in total. The van der Waals surface area contributed by atoms with Gasteiger partial charge in [0.15, 0.2) is 0 Å². The molecule has 0 radical (unpaired) electrons. The van der Waals surface area contributed by atoms with Crippen LogP contribution in [0.15, 0.2) is 16.6 Å². The van der Waals surface area contributed by atoms with Gasteiger partial charge in [-0.05, 0) is 27.1 Å². The Morgan fingerprint density at radius 1 is 1.50 bits per heavy atom. The van der Waals surface area contributed by atoms with Crippen LogP contribution in [0.25, 0.3) is 0 Å². The van der Waals surface area contributed by atoms with E-state index in [4.69, 9.17) is 5.26 Å². The first-order chi connectivity index (χ1) is 7.63. The first-order valence-electron chi connectivity index (χ1n) is 4.47. The predicted octanol–water partition coefficient (Wildman–Crippen LogP) is 2.93. The SMILES string of the molecule is COC(=O)Cc1ccc(CBr)c(C#N)c1Br. The van der Waals surface area contributed by atoms with E-state index in [-0.39, 0.29) is 12.4 Å². The molecule has 0 aromatic heterocycles. The Kier molecular flexibility index (Phi) is 4.97. The summed E-state index contributed by atoms with van der Waals surface area (Å²) < 4.78 is 5.25. The van der Waals surface area contributed by atoms with Crippen molar-refractivity contribution in [3.63, 3.8) is 0 Å². The zero-order valence-corrected chi connectivity index (χ0v) is 11.8. The number of benzene rings is 1. The summed E-state index contributed by atoms with van der Waals surface area (Å²) in [5.41, 5.74) is 2.20. The number of nitrogens with zero attached hydrogens (tertiary/aromatic N) is 1. The van der Waals surface area contributed by atoms with E-state index in [1.807, 2.05) is 12.1 Å². The van der Waals surface area contributed by atoms with Crippen molar-refractivity contribution in [3.8, 4) is 6.07 Å². The third kappa shape index (κ3) is 2.83. The van der Waals surface area contributed by atoms with Crippen molar-refractivity contribution in [2.45, 2.75) is 11.8 Å². The standard InChI is InChI=1S/C11H9Br2NO2/c1-16-10(15)4-7-2-3-8(5-12)9(6-14)11(7)13/h2-3H,4-5H2,1H3. The monoisotopic (exact) mass is 345 g/mol. The number of halogens is 2. The zero-order chi connectivity index (χ0) is 12.1. The van der Waals surface area contributed by atoms with Gasteiger partial charge in [0.2, 0.25) is 0 Å². The maximum absolute atomic E-state index is 11.2. The number of ether oxygens (including phenoxy) is 1. The molecule has 16 heavy (non-hydrogen) atoms. The summed E-state index contributed by atoms with van der Waals surface area (Å²) in [4.78, 5) is 11.2. The second-order valence-corrected chi connectivity index (χ2v) is 4.42. The van der Waals surface area contributed by atoms with Crippen LogP contribution in [0, 0.1) is 11.3 Å². The minimum atomic E-state index is -0.323. The lowest BCUT2D eigenvalue weighted by Crippen LogP contribution is -2.06. The molecule has 1 aromatic rings. The summed E-state index contributed by atoms with van der Waals surface area (Å²) in [5, 5.41) is 9.63. The molecule has 0 saturated carbocycles. The van der Waals surface area contributed by atoms with Gasteiger partial charge in [0.25, 0.3) is 0 Å². The van der Waals surface area contributed by atoms with Gasteiger partial charge in [-0.1, -0.05) is 28.1 Å². The average molecular weight is 347 g/mol. The normalized spacial score (nSPS) is 9.62. The molecule has 1 rings (SSSR count). The van der Waals surface area contributed by atoms with Crippen LogP contribution in [0.4, 0.5) is 0 Å². The molecule has 0 spiro atoms. The van der Waals surface area contributed by atoms with Gasteiger partial charge in [-0.25, -0.2) is 0 Å². The highest BCUT2D eigenvalue weighted by atomic mass is 79.9. The lowest BCUT2D eigenvalue weighted by molar-refractivity contribution is -0.139. The number of hydrogen-bond acceptors (Lipinski definition) is 3. The molecule has 0 bridgehead atoms. The number of hydrogen-bond donors (Lipinski definition) is 0. The van der Waals surface area contributed by atoms with Crippen molar-refractivity contribution in [3.05, 3.63) is 33.3 Å². The van der Waals surface area contributed by atoms with Gasteiger partial charge in [0, 0.05) is 9.80 Å². The first-order valence-corrected chi connectivity index (χ1v) is 6.38. The molecule has 5 heteroatoms. The molecule has 0 unspecified atom stereocenters. The van der Waals surface area contributed by atoms with Gasteiger partial charge in [-0.2, -0.15) is 5.26 Å². The third-order valence-corrected chi connectivity index (χ3v) is 3.64. The first kappa shape index (κ1) is 13.2. The molecule has 1 aromatic carbocycles. The molecule has 0 aliphatic rings.